The second kappa shape index (κ2) is 3.71. The van der Waals surface area contributed by atoms with Crippen molar-refractivity contribution in [2.75, 3.05) is 6.61 Å². The number of rotatable bonds is 3. The van der Waals surface area contributed by atoms with Crippen molar-refractivity contribution in [1.82, 2.24) is 0 Å². The molecule has 0 saturated carbocycles. The molecule has 0 aliphatic rings. The van der Waals surface area contributed by atoms with Crippen LogP contribution in [-0.2, 0) is 5.54 Å². The van der Waals surface area contributed by atoms with Crippen molar-refractivity contribution in [3.05, 3.63) is 35.9 Å². The van der Waals surface area contributed by atoms with E-state index in [0.29, 0.717) is 0 Å². The van der Waals surface area contributed by atoms with Gasteiger partial charge in [0.1, 0.15) is 0 Å². The van der Waals surface area contributed by atoms with Gasteiger partial charge in [0.2, 0.25) is 0 Å². The topological polar surface area (TPSA) is 46.2 Å². The first kappa shape index (κ1) is 11.2. The Balaban J connectivity index is 3.08. The number of aliphatic hydroxyl groups is 1. The van der Waals surface area contributed by atoms with E-state index in [1.165, 1.54) is 0 Å². The minimum atomic E-state index is -0.511. The van der Waals surface area contributed by atoms with Crippen LogP contribution >= 0.6 is 0 Å². The van der Waals surface area contributed by atoms with Gasteiger partial charge in [0.05, 0.1) is 6.61 Å². The van der Waals surface area contributed by atoms with Crippen LogP contribution < -0.4 is 5.73 Å². The van der Waals surface area contributed by atoms with E-state index >= 15 is 0 Å². The zero-order valence-electron chi connectivity index (χ0n) is 9.12. The van der Waals surface area contributed by atoms with E-state index in [9.17, 15) is 5.11 Å². The molecule has 1 rings (SSSR count). The zero-order chi connectivity index (χ0) is 10.8. The Morgan fingerprint density at radius 1 is 1.14 bits per heavy atom. The SMILES string of the molecule is CC(C)(CO)C(C)(N)c1ccccc1. The van der Waals surface area contributed by atoms with E-state index in [4.69, 9.17) is 5.73 Å². The second-order valence-electron chi connectivity index (χ2n) is 4.61. The molecule has 0 amide bonds. The van der Waals surface area contributed by atoms with Gasteiger partial charge in [-0.25, -0.2) is 0 Å². The Kier molecular flexibility index (Phi) is 2.98. The van der Waals surface area contributed by atoms with Crippen molar-refractivity contribution in [1.29, 1.82) is 0 Å². The summed E-state index contributed by atoms with van der Waals surface area (Å²) in [5.41, 5.74) is 6.49. The van der Waals surface area contributed by atoms with E-state index in [1.807, 2.05) is 51.1 Å². The molecule has 1 aromatic rings. The lowest BCUT2D eigenvalue weighted by atomic mass is 9.70. The summed E-state index contributed by atoms with van der Waals surface area (Å²) in [6.07, 6.45) is 0. The van der Waals surface area contributed by atoms with Gasteiger partial charge >= 0.3 is 0 Å². The van der Waals surface area contributed by atoms with Crippen molar-refractivity contribution in [3.8, 4) is 0 Å². The fraction of sp³-hybridized carbons (Fsp3) is 0.500. The summed E-state index contributed by atoms with van der Waals surface area (Å²) in [6, 6.07) is 9.89. The van der Waals surface area contributed by atoms with E-state index in [0.717, 1.165) is 5.56 Å². The molecule has 2 heteroatoms. The molecule has 0 heterocycles. The lowest BCUT2D eigenvalue weighted by molar-refractivity contribution is 0.0811. The van der Waals surface area contributed by atoms with Gasteiger partial charge in [-0.1, -0.05) is 44.2 Å². The first-order valence-corrected chi connectivity index (χ1v) is 4.87. The molecular weight excluding hydrogens is 174 g/mol. The van der Waals surface area contributed by atoms with E-state index in [1.54, 1.807) is 0 Å². The largest absolute Gasteiger partial charge is 0.396 e. The fourth-order valence-electron chi connectivity index (χ4n) is 1.34. The molecule has 2 nitrogen and oxygen atoms in total. The van der Waals surface area contributed by atoms with Gasteiger partial charge in [0, 0.05) is 11.0 Å². The van der Waals surface area contributed by atoms with Gasteiger partial charge < -0.3 is 10.8 Å². The Morgan fingerprint density at radius 2 is 1.64 bits per heavy atom. The molecule has 0 spiro atoms. The summed E-state index contributed by atoms with van der Waals surface area (Å²) in [5.74, 6) is 0. The van der Waals surface area contributed by atoms with Crippen LogP contribution in [0.1, 0.15) is 26.3 Å². The quantitative estimate of drug-likeness (QED) is 0.770. The summed E-state index contributed by atoms with van der Waals surface area (Å²) in [7, 11) is 0. The molecule has 0 radical (unpaired) electrons. The summed E-state index contributed by atoms with van der Waals surface area (Å²) in [5, 5.41) is 9.31. The summed E-state index contributed by atoms with van der Waals surface area (Å²) in [6.45, 7) is 5.98. The Bertz CT molecular complexity index is 290. The average Bonchev–Trinajstić information content (AvgIpc) is 2.19. The maximum atomic E-state index is 9.31. The van der Waals surface area contributed by atoms with Crippen LogP contribution in [0.15, 0.2) is 30.3 Å². The van der Waals surface area contributed by atoms with E-state index < -0.39 is 5.54 Å². The lowest BCUT2D eigenvalue weighted by Gasteiger charge is -2.40. The molecule has 1 aromatic carbocycles. The minimum Gasteiger partial charge on any atom is -0.396 e. The predicted octanol–water partition coefficient (Wildman–Crippen LogP) is 1.88. The highest BCUT2D eigenvalue weighted by Gasteiger charge is 2.38. The molecule has 14 heavy (non-hydrogen) atoms. The summed E-state index contributed by atoms with van der Waals surface area (Å²) < 4.78 is 0. The predicted molar refractivity (Wildman–Crippen MR) is 58.8 cm³/mol. The molecule has 0 aliphatic carbocycles. The smallest absolute Gasteiger partial charge is 0.0502 e. The maximum Gasteiger partial charge on any atom is 0.0502 e. The normalized spacial score (nSPS) is 16.4. The van der Waals surface area contributed by atoms with Crippen molar-refractivity contribution in [2.24, 2.45) is 11.1 Å². The van der Waals surface area contributed by atoms with Crippen molar-refractivity contribution in [2.45, 2.75) is 26.3 Å². The highest BCUT2D eigenvalue weighted by Crippen LogP contribution is 2.36. The van der Waals surface area contributed by atoms with Crippen molar-refractivity contribution >= 4 is 0 Å². The van der Waals surface area contributed by atoms with Gasteiger partial charge in [-0.3, -0.25) is 0 Å². The minimum absolute atomic E-state index is 0.0783. The van der Waals surface area contributed by atoms with Crippen LogP contribution in [0.25, 0.3) is 0 Å². The van der Waals surface area contributed by atoms with Crippen LogP contribution in [0.5, 0.6) is 0 Å². The molecule has 0 saturated heterocycles. The maximum absolute atomic E-state index is 9.31. The zero-order valence-corrected chi connectivity index (χ0v) is 9.12. The van der Waals surface area contributed by atoms with Gasteiger partial charge in [0.15, 0.2) is 0 Å². The number of benzene rings is 1. The van der Waals surface area contributed by atoms with Crippen LogP contribution in [0.2, 0.25) is 0 Å². The number of nitrogens with two attached hydrogens (primary N) is 1. The van der Waals surface area contributed by atoms with E-state index in [2.05, 4.69) is 0 Å². The monoisotopic (exact) mass is 193 g/mol. The molecular formula is C12H19NO. The molecule has 0 aromatic heterocycles. The van der Waals surface area contributed by atoms with E-state index in [-0.39, 0.29) is 12.0 Å². The lowest BCUT2D eigenvalue weighted by Crippen LogP contribution is -2.49. The van der Waals surface area contributed by atoms with Crippen LogP contribution in [-0.4, -0.2) is 11.7 Å². The highest BCUT2D eigenvalue weighted by molar-refractivity contribution is 5.25. The molecule has 1 unspecified atom stereocenters. The summed E-state index contributed by atoms with van der Waals surface area (Å²) >= 11 is 0. The molecule has 0 aliphatic heterocycles. The van der Waals surface area contributed by atoms with Gasteiger partial charge in [-0.2, -0.15) is 0 Å². The van der Waals surface area contributed by atoms with Crippen LogP contribution in [0.4, 0.5) is 0 Å². The standard InChI is InChI=1S/C12H19NO/c1-11(2,9-14)12(3,13)10-7-5-4-6-8-10/h4-8,14H,9,13H2,1-3H3. The van der Waals surface area contributed by atoms with Crippen LogP contribution in [0.3, 0.4) is 0 Å². The molecule has 0 fully saturated rings. The third kappa shape index (κ3) is 1.81. The fourth-order valence-corrected chi connectivity index (χ4v) is 1.34. The second-order valence-corrected chi connectivity index (χ2v) is 4.61. The highest BCUT2D eigenvalue weighted by atomic mass is 16.3. The van der Waals surface area contributed by atoms with Crippen LogP contribution in [0, 0.1) is 5.41 Å². The first-order valence-electron chi connectivity index (χ1n) is 4.87. The number of aliphatic hydroxyl groups excluding tert-OH is 1. The number of hydrogen-bond acceptors (Lipinski definition) is 2. The average molecular weight is 193 g/mol. The Hall–Kier alpha value is -0.860. The third-order valence-electron chi connectivity index (χ3n) is 3.17. The third-order valence-corrected chi connectivity index (χ3v) is 3.17. The first-order chi connectivity index (χ1) is 6.42. The van der Waals surface area contributed by atoms with Crippen molar-refractivity contribution < 1.29 is 5.11 Å². The van der Waals surface area contributed by atoms with Gasteiger partial charge in [0.25, 0.3) is 0 Å². The molecule has 0 bridgehead atoms. The molecule has 1 atom stereocenters. The Labute approximate surface area is 85.8 Å². The number of hydrogen-bond donors (Lipinski definition) is 2. The van der Waals surface area contributed by atoms with Gasteiger partial charge in [-0.15, -0.1) is 0 Å². The molecule has 78 valence electrons. The van der Waals surface area contributed by atoms with Crippen molar-refractivity contribution in [3.63, 3.8) is 0 Å². The molecule has 3 N–H and O–H groups in total. The summed E-state index contributed by atoms with van der Waals surface area (Å²) in [4.78, 5) is 0. The Morgan fingerprint density at radius 3 is 2.07 bits per heavy atom. The van der Waals surface area contributed by atoms with Gasteiger partial charge in [-0.05, 0) is 12.5 Å².